The third-order valence-electron chi connectivity index (χ3n) is 6.00. The van der Waals surface area contributed by atoms with Gasteiger partial charge < -0.3 is 14.2 Å². The fourth-order valence-corrected chi connectivity index (χ4v) is 5.28. The zero-order chi connectivity index (χ0) is 27.0. The van der Waals surface area contributed by atoms with Gasteiger partial charge in [0.2, 0.25) is 5.91 Å². The second kappa shape index (κ2) is 9.70. The number of para-hydroxylation sites is 3. The van der Waals surface area contributed by atoms with Crippen molar-refractivity contribution in [2.24, 2.45) is 0 Å². The first-order valence-corrected chi connectivity index (χ1v) is 12.8. The van der Waals surface area contributed by atoms with Crippen molar-refractivity contribution < 1.29 is 31.7 Å². The number of benzene rings is 3. The number of hydrogen-bond acceptors (Lipinski definition) is 7. The summed E-state index contributed by atoms with van der Waals surface area (Å²) in [6.07, 6.45) is 0. The van der Waals surface area contributed by atoms with Crippen LogP contribution in [0.4, 0.5) is 11.4 Å². The molecule has 10 heteroatoms. The summed E-state index contributed by atoms with van der Waals surface area (Å²) in [4.78, 5) is 40.0. The molecule has 0 unspecified atom stereocenters. The molecule has 3 aromatic rings. The molecule has 0 saturated heterocycles. The molecule has 0 atom stereocenters. The maximum absolute atomic E-state index is 13.2. The van der Waals surface area contributed by atoms with Gasteiger partial charge in [0.1, 0.15) is 16.0 Å². The SMILES string of the molecule is Cc1ccc(C)c(S(=O)(=O)Oc2ccccc2C(=O)OCC(=O)N2c3ccccc3NC(=O)C2(C)C)c1. The normalized spacial score (nSPS) is 14.4. The Kier molecular flexibility index (Phi) is 6.79. The molecule has 0 aliphatic carbocycles. The fraction of sp³-hybridized carbons (Fsp3) is 0.222. The van der Waals surface area contributed by atoms with Crippen LogP contribution in [-0.4, -0.2) is 38.3 Å². The van der Waals surface area contributed by atoms with E-state index in [-0.39, 0.29) is 22.1 Å². The minimum Gasteiger partial charge on any atom is -0.452 e. The summed E-state index contributed by atoms with van der Waals surface area (Å²) in [5.74, 6) is -2.19. The third kappa shape index (κ3) is 5.05. The highest BCUT2D eigenvalue weighted by Crippen LogP contribution is 2.36. The maximum atomic E-state index is 13.2. The predicted octanol–water partition coefficient (Wildman–Crippen LogP) is 3.99. The molecule has 1 heterocycles. The van der Waals surface area contributed by atoms with Gasteiger partial charge in [-0.05, 0) is 69.2 Å². The summed E-state index contributed by atoms with van der Waals surface area (Å²) in [7, 11) is -4.25. The lowest BCUT2D eigenvalue weighted by atomic mass is 9.96. The quantitative estimate of drug-likeness (QED) is 0.384. The highest BCUT2D eigenvalue weighted by Gasteiger charge is 2.43. The van der Waals surface area contributed by atoms with E-state index in [0.717, 1.165) is 5.56 Å². The van der Waals surface area contributed by atoms with Crippen molar-refractivity contribution in [2.75, 3.05) is 16.8 Å². The van der Waals surface area contributed by atoms with E-state index < -0.39 is 34.1 Å². The molecular weight excluding hydrogens is 496 g/mol. The first-order valence-electron chi connectivity index (χ1n) is 11.4. The molecule has 0 saturated carbocycles. The van der Waals surface area contributed by atoms with Gasteiger partial charge in [-0.25, -0.2) is 4.79 Å². The number of anilines is 2. The van der Waals surface area contributed by atoms with Crippen molar-refractivity contribution >= 4 is 39.3 Å². The van der Waals surface area contributed by atoms with E-state index in [4.69, 9.17) is 8.92 Å². The van der Waals surface area contributed by atoms with Crippen LogP contribution in [0.25, 0.3) is 0 Å². The number of nitrogens with one attached hydrogen (secondary N) is 1. The van der Waals surface area contributed by atoms with Gasteiger partial charge >= 0.3 is 16.1 Å². The Labute approximate surface area is 215 Å². The Morgan fingerprint density at radius 2 is 1.65 bits per heavy atom. The van der Waals surface area contributed by atoms with Crippen LogP contribution >= 0.6 is 0 Å². The Balaban J connectivity index is 1.55. The zero-order valence-electron chi connectivity index (χ0n) is 20.8. The molecule has 0 spiro atoms. The van der Waals surface area contributed by atoms with Gasteiger partial charge in [0.05, 0.1) is 11.4 Å². The lowest BCUT2D eigenvalue weighted by Crippen LogP contribution is -2.59. The molecule has 0 aromatic heterocycles. The molecule has 3 aromatic carbocycles. The van der Waals surface area contributed by atoms with Gasteiger partial charge in [-0.3, -0.25) is 14.5 Å². The summed E-state index contributed by atoms with van der Waals surface area (Å²) >= 11 is 0. The molecule has 37 heavy (non-hydrogen) atoms. The predicted molar refractivity (Wildman–Crippen MR) is 137 cm³/mol. The second-order valence-corrected chi connectivity index (χ2v) is 10.7. The maximum Gasteiger partial charge on any atom is 0.342 e. The van der Waals surface area contributed by atoms with Crippen LogP contribution in [0.2, 0.25) is 0 Å². The average Bonchev–Trinajstić information content (AvgIpc) is 2.84. The molecule has 1 aliphatic heterocycles. The largest absolute Gasteiger partial charge is 0.452 e. The van der Waals surface area contributed by atoms with E-state index in [1.165, 1.54) is 35.2 Å². The Bertz CT molecular complexity index is 1510. The molecule has 1 N–H and O–H groups in total. The summed E-state index contributed by atoms with van der Waals surface area (Å²) in [5, 5.41) is 2.76. The second-order valence-electron chi connectivity index (χ2n) is 9.14. The van der Waals surface area contributed by atoms with Crippen molar-refractivity contribution in [3.8, 4) is 5.75 Å². The average molecular weight is 523 g/mol. The van der Waals surface area contributed by atoms with Crippen LogP contribution < -0.4 is 14.4 Å². The number of nitrogens with zero attached hydrogens (tertiary/aromatic N) is 1. The van der Waals surface area contributed by atoms with Gasteiger partial charge in [0.15, 0.2) is 12.4 Å². The van der Waals surface area contributed by atoms with Crippen LogP contribution in [-0.2, 0) is 24.4 Å². The minimum atomic E-state index is -4.25. The number of esters is 1. The molecule has 2 amide bonds. The van der Waals surface area contributed by atoms with Crippen LogP contribution in [0, 0.1) is 13.8 Å². The number of carbonyl (C=O) groups excluding carboxylic acids is 3. The number of fused-ring (bicyclic) bond motifs is 1. The summed E-state index contributed by atoms with van der Waals surface area (Å²) < 4.78 is 36.5. The summed E-state index contributed by atoms with van der Waals surface area (Å²) in [6.45, 7) is 5.88. The van der Waals surface area contributed by atoms with E-state index in [1.54, 1.807) is 64.1 Å². The van der Waals surface area contributed by atoms with Gasteiger partial charge in [-0.15, -0.1) is 0 Å². The number of ether oxygens (including phenoxy) is 1. The lowest BCUT2D eigenvalue weighted by Gasteiger charge is -2.41. The van der Waals surface area contributed by atoms with Crippen LogP contribution in [0.5, 0.6) is 5.75 Å². The van der Waals surface area contributed by atoms with E-state index in [9.17, 15) is 22.8 Å². The summed E-state index contributed by atoms with van der Waals surface area (Å²) in [5.41, 5.74) is 0.747. The monoisotopic (exact) mass is 522 g/mol. The smallest absolute Gasteiger partial charge is 0.342 e. The van der Waals surface area contributed by atoms with Gasteiger partial charge in [0.25, 0.3) is 5.91 Å². The van der Waals surface area contributed by atoms with E-state index in [1.807, 2.05) is 0 Å². The zero-order valence-corrected chi connectivity index (χ0v) is 21.6. The standard InChI is InChI=1S/C27H26N2O7S/c1-17-13-14-18(2)23(15-17)37(33,34)36-22-12-8-5-9-19(22)25(31)35-16-24(30)29-21-11-7-6-10-20(21)28-26(32)27(29,3)4/h5-15H,16H2,1-4H3,(H,28,32). The van der Waals surface area contributed by atoms with Crippen LogP contribution in [0.3, 0.4) is 0 Å². The number of carbonyl (C=O) groups is 3. The van der Waals surface area contributed by atoms with Gasteiger partial charge in [0, 0.05) is 0 Å². The first kappa shape index (κ1) is 25.9. The van der Waals surface area contributed by atoms with Crippen molar-refractivity contribution in [3.05, 3.63) is 83.4 Å². The van der Waals surface area contributed by atoms with Crippen LogP contribution in [0.1, 0.15) is 35.3 Å². The molecule has 0 fully saturated rings. The first-order chi connectivity index (χ1) is 17.4. The highest BCUT2D eigenvalue weighted by molar-refractivity contribution is 7.87. The van der Waals surface area contributed by atoms with Crippen molar-refractivity contribution in [1.82, 2.24) is 0 Å². The van der Waals surface area contributed by atoms with Crippen molar-refractivity contribution in [3.63, 3.8) is 0 Å². The van der Waals surface area contributed by atoms with Crippen molar-refractivity contribution in [1.29, 1.82) is 0 Å². The number of rotatable bonds is 6. The third-order valence-corrected chi connectivity index (χ3v) is 7.38. The topological polar surface area (TPSA) is 119 Å². The van der Waals surface area contributed by atoms with Crippen LogP contribution in [0.15, 0.2) is 71.6 Å². The highest BCUT2D eigenvalue weighted by atomic mass is 32.2. The van der Waals surface area contributed by atoms with Gasteiger partial charge in [-0.1, -0.05) is 36.4 Å². The molecular formula is C27H26N2O7S. The summed E-state index contributed by atoms with van der Waals surface area (Å²) in [6, 6.07) is 17.4. The minimum absolute atomic E-state index is 0.0184. The Morgan fingerprint density at radius 3 is 2.41 bits per heavy atom. The fourth-order valence-electron chi connectivity index (χ4n) is 4.02. The number of amides is 2. The molecule has 9 nitrogen and oxygen atoms in total. The molecule has 192 valence electrons. The molecule has 0 radical (unpaired) electrons. The van der Waals surface area contributed by atoms with Crippen molar-refractivity contribution in [2.45, 2.75) is 38.1 Å². The van der Waals surface area contributed by atoms with E-state index in [0.29, 0.717) is 16.9 Å². The molecule has 1 aliphatic rings. The van der Waals surface area contributed by atoms with Gasteiger partial charge in [-0.2, -0.15) is 8.42 Å². The Hall–Kier alpha value is -4.18. The lowest BCUT2D eigenvalue weighted by molar-refractivity contribution is -0.128. The van der Waals surface area contributed by atoms with E-state index >= 15 is 0 Å². The Morgan fingerprint density at radius 1 is 0.973 bits per heavy atom. The molecule has 4 rings (SSSR count). The molecule has 0 bridgehead atoms. The number of hydrogen-bond donors (Lipinski definition) is 1. The van der Waals surface area contributed by atoms with E-state index in [2.05, 4.69) is 5.32 Å². The number of aryl methyl sites for hydroxylation is 2.